The molecule has 0 unspecified atom stereocenters. The van der Waals surface area contributed by atoms with Gasteiger partial charge in [0.1, 0.15) is 16.5 Å². The quantitative estimate of drug-likeness (QED) is 0.420. The molecule has 180 valence electrons. The van der Waals surface area contributed by atoms with Crippen molar-refractivity contribution >= 4 is 33.8 Å². The van der Waals surface area contributed by atoms with Gasteiger partial charge in [0.05, 0.1) is 18.2 Å². The summed E-state index contributed by atoms with van der Waals surface area (Å²) < 4.78 is 5.12. The number of aromatic nitrogens is 4. The van der Waals surface area contributed by atoms with Crippen molar-refractivity contribution in [2.45, 2.75) is 32.2 Å². The number of rotatable bonds is 7. The minimum Gasteiger partial charge on any atom is -0.384 e. The minimum absolute atomic E-state index is 0.0140. The largest absolute Gasteiger partial charge is 0.384 e. The third-order valence-electron chi connectivity index (χ3n) is 6.28. The Bertz CT molecular complexity index is 1310. The molecule has 0 saturated carbocycles. The number of anilines is 1. The number of carbonyl (C=O) groups is 1. The van der Waals surface area contributed by atoms with Gasteiger partial charge >= 0.3 is 0 Å². The highest BCUT2D eigenvalue weighted by atomic mass is 32.1. The molecule has 0 aliphatic carbocycles. The lowest BCUT2D eigenvalue weighted by Gasteiger charge is -2.34. The van der Waals surface area contributed by atoms with Crippen LogP contribution in [0.25, 0.3) is 21.5 Å². The summed E-state index contributed by atoms with van der Waals surface area (Å²) in [6.45, 7) is 4.36. The summed E-state index contributed by atoms with van der Waals surface area (Å²) in [7, 11) is 1.67. The second-order valence-corrected chi connectivity index (χ2v) is 9.72. The third kappa shape index (κ3) is 4.93. The molecule has 1 fully saturated rings. The summed E-state index contributed by atoms with van der Waals surface area (Å²) in [5.41, 5.74) is 2.32. The van der Waals surface area contributed by atoms with Gasteiger partial charge in [0.25, 0.3) is 5.91 Å². The van der Waals surface area contributed by atoms with Gasteiger partial charge in [-0.3, -0.25) is 14.7 Å². The number of methoxy groups -OCH3 is 1. The van der Waals surface area contributed by atoms with E-state index < -0.39 is 0 Å². The van der Waals surface area contributed by atoms with Crippen LogP contribution in [0.3, 0.4) is 0 Å². The smallest absolute Gasteiger partial charge is 0.261 e. The Morgan fingerprint density at radius 1 is 1.20 bits per heavy atom. The standard InChI is InChI=1S/C26H28N6O2S/c1-17-5-3-6-18-10-13-28-24(23(17)18)32(20-7-4-12-27-16-20)26(33)19-8-9-21(29-15-19)25-31-30-22(35-25)11-14-34-2/h3,5-6,8-10,13,15,20,27H,4,7,11-12,14,16H2,1-2H3/t20-/m1/s1. The van der Waals surface area contributed by atoms with Gasteiger partial charge in [-0.05, 0) is 55.5 Å². The van der Waals surface area contributed by atoms with Gasteiger partial charge in [-0.25, -0.2) is 4.98 Å². The van der Waals surface area contributed by atoms with Gasteiger partial charge in [0, 0.05) is 37.9 Å². The third-order valence-corrected chi connectivity index (χ3v) is 7.28. The predicted molar refractivity (Wildman–Crippen MR) is 138 cm³/mol. The van der Waals surface area contributed by atoms with Crippen LogP contribution in [0, 0.1) is 6.92 Å². The monoisotopic (exact) mass is 488 g/mol. The number of piperidine rings is 1. The van der Waals surface area contributed by atoms with E-state index in [9.17, 15) is 4.79 Å². The van der Waals surface area contributed by atoms with E-state index in [1.54, 1.807) is 19.5 Å². The molecule has 1 atom stereocenters. The fourth-order valence-electron chi connectivity index (χ4n) is 4.49. The van der Waals surface area contributed by atoms with Crippen molar-refractivity contribution < 1.29 is 9.53 Å². The van der Waals surface area contributed by atoms with Crippen LogP contribution in [0.2, 0.25) is 0 Å². The maximum absolute atomic E-state index is 13.9. The number of carbonyl (C=O) groups excluding carboxylic acids is 1. The normalized spacial score (nSPS) is 15.9. The number of fused-ring (bicyclic) bond motifs is 1. The molecule has 1 N–H and O–H groups in total. The molecule has 1 aliphatic rings. The van der Waals surface area contributed by atoms with Crippen LogP contribution in [-0.2, 0) is 11.2 Å². The predicted octanol–water partition coefficient (Wildman–Crippen LogP) is 4.04. The van der Waals surface area contributed by atoms with Gasteiger partial charge in [-0.2, -0.15) is 0 Å². The number of aryl methyl sites for hydroxylation is 1. The zero-order valence-corrected chi connectivity index (χ0v) is 20.7. The van der Waals surface area contributed by atoms with E-state index in [1.165, 1.54) is 11.3 Å². The average Bonchev–Trinajstić information content (AvgIpc) is 3.37. The lowest BCUT2D eigenvalue weighted by molar-refractivity contribution is 0.0971. The molecule has 8 nitrogen and oxygen atoms in total. The highest BCUT2D eigenvalue weighted by Crippen LogP contribution is 2.31. The van der Waals surface area contributed by atoms with Crippen molar-refractivity contribution in [3.8, 4) is 10.7 Å². The van der Waals surface area contributed by atoms with Crippen molar-refractivity contribution in [2.75, 3.05) is 31.7 Å². The number of ether oxygens (including phenoxy) is 1. The molecule has 0 bridgehead atoms. The lowest BCUT2D eigenvalue weighted by atomic mass is 10.0. The van der Waals surface area contributed by atoms with E-state index in [0.717, 1.165) is 52.3 Å². The van der Waals surface area contributed by atoms with Crippen LogP contribution in [0.15, 0.2) is 48.8 Å². The van der Waals surface area contributed by atoms with Crippen LogP contribution in [0.5, 0.6) is 0 Å². The first-order valence-electron chi connectivity index (χ1n) is 11.8. The molecule has 1 aromatic carbocycles. The number of nitrogens with one attached hydrogen (secondary N) is 1. The second kappa shape index (κ2) is 10.6. The number of pyridine rings is 2. The molecular weight excluding hydrogens is 460 g/mol. The number of hydrogen-bond acceptors (Lipinski definition) is 8. The zero-order valence-electron chi connectivity index (χ0n) is 19.9. The number of nitrogens with zero attached hydrogens (tertiary/aromatic N) is 5. The molecule has 1 saturated heterocycles. The first kappa shape index (κ1) is 23.5. The van der Waals surface area contributed by atoms with Crippen LogP contribution < -0.4 is 10.2 Å². The van der Waals surface area contributed by atoms with Crippen molar-refractivity contribution in [2.24, 2.45) is 0 Å². The summed E-state index contributed by atoms with van der Waals surface area (Å²) in [5.74, 6) is 0.606. The summed E-state index contributed by atoms with van der Waals surface area (Å²) in [4.78, 5) is 25.1. The molecule has 4 heterocycles. The molecule has 3 aromatic heterocycles. The molecule has 5 rings (SSSR count). The van der Waals surface area contributed by atoms with Crippen molar-refractivity contribution in [1.29, 1.82) is 0 Å². The summed E-state index contributed by atoms with van der Waals surface area (Å²) >= 11 is 1.49. The molecule has 35 heavy (non-hydrogen) atoms. The highest BCUT2D eigenvalue weighted by Gasteiger charge is 2.30. The fraction of sp³-hybridized carbons (Fsp3) is 0.346. The van der Waals surface area contributed by atoms with Crippen molar-refractivity contribution in [1.82, 2.24) is 25.5 Å². The van der Waals surface area contributed by atoms with E-state index >= 15 is 0 Å². The average molecular weight is 489 g/mol. The van der Waals surface area contributed by atoms with E-state index in [0.29, 0.717) is 30.1 Å². The molecule has 1 aliphatic heterocycles. The number of benzene rings is 1. The van der Waals surface area contributed by atoms with E-state index in [4.69, 9.17) is 9.72 Å². The van der Waals surface area contributed by atoms with Crippen molar-refractivity contribution in [3.05, 3.63) is 64.9 Å². The van der Waals surface area contributed by atoms with E-state index in [2.05, 4.69) is 39.6 Å². The van der Waals surface area contributed by atoms with E-state index in [-0.39, 0.29) is 11.9 Å². The Balaban J connectivity index is 1.49. The maximum atomic E-state index is 13.9. The van der Waals surface area contributed by atoms with Gasteiger partial charge in [0.2, 0.25) is 0 Å². The highest BCUT2D eigenvalue weighted by molar-refractivity contribution is 7.14. The number of amides is 1. The maximum Gasteiger partial charge on any atom is 0.261 e. The van der Waals surface area contributed by atoms with Gasteiger partial charge < -0.3 is 10.1 Å². The molecular formula is C26H28N6O2S. The van der Waals surface area contributed by atoms with Crippen LogP contribution in [0.4, 0.5) is 5.82 Å². The first-order chi connectivity index (χ1) is 17.2. The minimum atomic E-state index is -0.0981. The molecule has 0 spiro atoms. The Hall–Kier alpha value is -3.27. The molecule has 4 aromatic rings. The molecule has 1 amide bonds. The van der Waals surface area contributed by atoms with E-state index in [1.807, 2.05) is 29.2 Å². The summed E-state index contributed by atoms with van der Waals surface area (Å²) in [5, 5.41) is 15.6. The number of hydrogen-bond donors (Lipinski definition) is 1. The second-order valence-electron chi connectivity index (χ2n) is 8.66. The van der Waals surface area contributed by atoms with Gasteiger partial charge in [0.15, 0.2) is 5.01 Å². The fourth-order valence-corrected chi connectivity index (χ4v) is 5.29. The van der Waals surface area contributed by atoms with Gasteiger partial charge in [-0.15, -0.1) is 10.2 Å². The molecule has 0 radical (unpaired) electrons. The van der Waals surface area contributed by atoms with Crippen LogP contribution in [0.1, 0.15) is 33.8 Å². The Morgan fingerprint density at radius 3 is 2.89 bits per heavy atom. The van der Waals surface area contributed by atoms with Crippen LogP contribution >= 0.6 is 11.3 Å². The zero-order chi connectivity index (χ0) is 24.2. The Kier molecular flexibility index (Phi) is 7.08. The lowest BCUT2D eigenvalue weighted by Crippen LogP contribution is -2.49. The van der Waals surface area contributed by atoms with Gasteiger partial charge in [-0.1, -0.05) is 29.5 Å². The summed E-state index contributed by atoms with van der Waals surface area (Å²) in [6, 6.07) is 11.8. The molecule has 9 heteroatoms. The van der Waals surface area contributed by atoms with Crippen molar-refractivity contribution in [3.63, 3.8) is 0 Å². The SMILES string of the molecule is COCCc1nnc(-c2ccc(C(=O)N(c3nccc4cccc(C)c34)[C@@H]3CCCNC3)cn2)s1. The summed E-state index contributed by atoms with van der Waals surface area (Å²) in [6.07, 6.45) is 6.06. The topological polar surface area (TPSA) is 93.1 Å². The first-order valence-corrected chi connectivity index (χ1v) is 12.6. The van der Waals surface area contributed by atoms with Crippen LogP contribution in [-0.4, -0.2) is 58.9 Å². The Labute approximate surface area is 208 Å². The Morgan fingerprint density at radius 2 is 2.11 bits per heavy atom.